The molecule has 0 aliphatic carbocycles. The summed E-state index contributed by atoms with van der Waals surface area (Å²) < 4.78 is 5.72. The van der Waals surface area contributed by atoms with Crippen molar-refractivity contribution in [1.29, 1.82) is 0 Å². The Hall–Kier alpha value is -3.31. The average Bonchev–Trinajstić information content (AvgIpc) is 3.29. The van der Waals surface area contributed by atoms with Gasteiger partial charge in [-0.05, 0) is 65.3 Å². The van der Waals surface area contributed by atoms with Crippen LogP contribution in [0.1, 0.15) is 50.8 Å². The third-order valence-electron chi connectivity index (χ3n) is 7.90. The first-order valence-electron chi connectivity index (χ1n) is 12.9. The van der Waals surface area contributed by atoms with Gasteiger partial charge in [-0.3, -0.25) is 10.2 Å². The standard InChI is InChI=1S/C31H37N3O2/c1-30(2,3)23-11-13-24(14-12-23)32-29(35)36-25-15-16-27-26(21-25)31(4)18-20-34(28(31)33(27)5)19-17-22-9-7-6-8-10-22/h6-16,21,28H,17-20H2,1-5H3,(H,32,35)/t28-,31-/m0/s1. The normalized spacial score (nSPS) is 21.2. The summed E-state index contributed by atoms with van der Waals surface area (Å²) in [6.07, 6.45) is 1.96. The fraction of sp³-hybridized carbons (Fsp3) is 0.387. The van der Waals surface area contributed by atoms with Gasteiger partial charge in [-0.15, -0.1) is 0 Å². The average molecular weight is 484 g/mol. The number of anilines is 2. The topological polar surface area (TPSA) is 44.8 Å². The van der Waals surface area contributed by atoms with Crippen LogP contribution in [0.15, 0.2) is 72.8 Å². The highest BCUT2D eigenvalue weighted by atomic mass is 16.6. The Morgan fingerprint density at radius 1 is 1.06 bits per heavy atom. The monoisotopic (exact) mass is 483 g/mol. The van der Waals surface area contributed by atoms with Crippen LogP contribution >= 0.6 is 0 Å². The van der Waals surface area contributed by atoms with Crippen molar-refractivity contribution < 1.29 is 9.53 Å². The molecule has 0 saturated carbocycles. The number of carbonyl (C=O) groups is 1. The molecule has 0 bridgehead atoms. The van der Waals surface area contributed by atoms with Crippen molar-refractivity contribution in [3.8, 4) is 5.75 Å². The third kappa shape index (κ3) is 4.60. The molecular weight excluding hydrogens is 446 g/mol. The number of hydrogen-bond acceptors (Lipinski definition) is 4. The number of likely N-dealkylation sites (tertiary alicyclic amines) is 1. The Labute approximate surface area is 215 Å². The van der Waals surface area contributed by atoms with Gasteiger partial charge in [0.25, 0.3) is 0 Å². The van der Waals surface area contributed by atoms with Gasteiger partial charge < -0.3 is 9.64 Å². The number of benzene rings is 3. The Morgan fingerprint density at radius 2 is 1.78 bits per heavy atom. The zero-order valence-electron chi connectivity index (χ0n) is 22.0. The molecule has 3 aromatic carbocycles. The largest absolute Gasteiger partial charge is 0.417 e. The molecule has 1 saturated heterocycles. The lowest BCUT2D eigenvalue weighted by atomic mass is 9.81. The highest BCUT2D eigenvalue weighted by molar-refractivity contribution is 5.86. The van der Waals surface area contributed by atoms with E-state index in [4.69, 9.17) is 4.74 Å². The van der Waals surface area contributed by atoms with Crippen molar-refractivity contribution in [3.63, 3.8) is 0 Å². The first-order chi connectivity index (χ1) is 17.1. The highest BCUT2D eigenvalue weighted by Crippen LogP contribution is 2.52. The molecule has 1 N–H and O–H groups in total. The molecule has 3 aromatic rings. The zero-order chi connectivity index (χ0) is 25.5. The van der Waals surface area contributed by atoms with E-state index in [-0.39, 0.29) is 10.8 Å². The van der Waals surface area contributed by atoms with Crippen LogP contribution in [0.4, 0.5) is 16.2 Å². The molecule has 1 fully saturated rings. The van der Waals surface area contributed by atoms with E-state index < -0.39 is 6.09 Å². The number of rotatable bonds is 5. The zero-order valence-corrected chi connectivity index (χ0v) is 22.0. The predicted octanol–water partition coefficient (Wildman–Crippen LogP) is 6.58. The summed E-state index contributed by atoms with van der Waals surface area (Å²) in [5.41, 5.74) is 5.88. The molecule has 0 unspecified atom stereocenters. The molecule has 0 aromatic heterocycles. The van der Waals surface area contributed by atoms with Gasteiger partial charge in [-0.2, -0.15) is 0 Å². The smallest absolute Gasteiger partial charge is 0.410 e. The number of nitrogens with one attached hydrogen (secondary N) is 1. The lowest BCUT2D eigenvalue weighted by Gasteiger charge is -2.34. The number of hydrogen-bond donors (Lipinski definition) is 1. The summed E-state index contributed by atoms with van der Waals surface area (Å²) in [5.74, 6) is 0.579. The van der Waals surface area contributed by atoms with E-state index >= 15 is 0 Å². The van der Waals surface area contributed by atoms with E-state index in [0.717, 1.165) is 31.6 Å². The molecule has 2 aliphatic heterocycles. The van der Waals surface area contributed by atoms with Crippen molar-refractivity contribution in [2.75, 3.05) is 30.4 Å². The summed E-state index contributed by atoms with van der Waals surface area (Å²) in [6.45, 7) is 11.0. The van der Waals surface area contributed by atoms with Crippen LogP contribution in [0.25, 0.3) is 0 Å². The Morgan fingerprint density at radius 3 is 2.47 bits per heavy atom. The minimum atomic E-state index is -0.470. The van der Waals surface area contributed by atoms with Crippen LogP contribution in [0, 0.1) is 0 Å². The van der Waals surface area contributed by atoms with Gasteiger partial charge in [0.2, 0.25) is 0 Å². The maximum Gasteiger partial charge on any atom is 0.417 e. The number of fused-ring (bicyclic) bond motifs is 3. The molecule has 2 atom stereocenters. The highest BCUT2D eigenvalue weighted by Gasteiger charge is 2.53. The van der Waals surface area contributed by atoms with Crippen LogP contribution < -0.4 is 15.0 Å². The number of carbonyl (C=O) groups excluding carboxylic acids is 1. The molecule has 188 valence electrons. The Kier molecular flexibility index (Phi) is 6.29. The first-order valence-corrected chi connectivity index (χ1v) is 12.9. The molecule has 0 spiro atoms. The van der Waals surface area contributed by atoms with Crippen LogP contribution in [0.2, 0.25) is 0 Å². The van der Waals surface area contributed by atoms with Crippen LogP contribution in [0.5, 0.6) is 5.75 Å². The number of likely N-dealkylation sites (N-methyl/N-ethyl adjacent to an activating group) is 1. The molecule has 2 heterocycles. The molecular formula is C31H37N3O2. The number of nitrogens with zero attached hydrogens (tertiary/aromatic N) is 2. The van der Waals surface area contributed by atoms with Crippen molar-refractivity contribution in [2.45, 2.75) is 57.5 Å². The van der Waals surface area contributed by atoms with Gasteiger partial charge in [0.1, 0.15) is 5.75 Å². The molecule has 36 heavy (non-hydrogen) atoms. The minimum Gasteiger partial charge on any atom is -0.410 e. The predicted molar refractivity (Wildman–Crippen MR) is 147 cm³/mol. The van der Waals surface area contributed by atoms with Crippen molar-refractivity contribution in [2.24, 2.45) is 0 Å². The fourth-order valence-corrected chi connectivity index (χ4v) is 5.91. The van der Waals surface area contributed by atoms with Crippen LogP contribution in [-0.2, 0) is 17.3 Å². The lowest BCUT2D eigenvalue weighted by Crippen LogP contribution is -2.47. The maximum absolute atomic E-state index is 12.7. The lowest BCUT2D eigenvalue weighted by molar-refractivity contribution is 0.215. The summed E-state index contributed by atoms with van der Waals surface area (Å²) in [7, 11) is 2.18. The summed E-state index contributed by atoms with van der Waals surface area (Å²) >= 11 is 0. The van der Waals surface area contributed by atoms with Gasteiger partial charge in [0.15, 0.2) is 0 Å². The van der Waals surface area contributed by atoms with Gasteiger partial charge in [0.05, 0.1) is 6.17 Å². The quantitative estimate of drug-likeness (QED) is 0.445. The molecule has 1 amide bonds. The van der Waals surface area contributed by atoms with Gasteiger partial charge in [-0.25, -0.2) is 4.79 Å². The van der Waals surface area contributed by atoms with E-state index in [1.807, 2.05) is 30.3 Å². The van der Waals surface area contributed by atoms with Gasteiger partial charge in [-0.1, -0.05) is 70.2 Å². The van der Waals surface area contributed by atoms with Crippen molar-refractivity contribution in [1.82, 2.24) is 4.90 Å². The molecule has 0 radical (unpaired) electrons. The Balaban J connectivity index is 1.27. The van der Waals surface area contributed by atoms with E-state index in [2.05, 4.69) is 92.3 Å². The Bertz CT molecular complexity index is 1230. The molecule has 2 aliphatic rings. The van der Waals surface area contributed by atoms with Crippen LogP contribution in [-0.4, -0.2) is 37.3 Å². The number of ether oxygens (including phenoxy) is 1. The molecule has 5 rings (SSSR count). The van der Waals surface area contributed by atoms with Crippen LogP contribution in [0.3, 0.4) is 0 Å². The fourth-order valence-electron chi connectivity index (χ4n) is 5.91. The van der Waals surface area contributed by atoms with Crippen molar-refractivity contribution >= 4 is 17.5 Å². The molecule has 5 heteroatoms. The summed E-state index contributed by atoms with van der Waals surface area (Å²) in [6, 6.07) is 24.7. The SMILES string of the molecule is CN1c2ccc(OC(=O)Nc3ccc(C(C)(C)C)cc3)cc2[C@]2(C)CCN(CCc3ccccc3)[C@H]12. The summed E-state index contributed by atoms with van der Waals surface area (Å²) in [4.78, 5) is 17.7. The third-order valence-corrected chi connectivity index (χ3v) is 7.90. The van der Waals surface area contributed by atoms with E-state index in [9.17, 15) is 4.79 Å². The molecule has 5 nitrogen and oxygen atoms in total. The second-order valence-electron chi connectivity index (χ2n) is 11.4. The summed E-state index contributed by atoms with van der Waals surface area (Å²) in [5, 5.41) is 2.86. The van der Waals surface area contributed by atoms with E-state index in [1.54, 1.807) is 0 Å². The van der Waals surface area contributed by atoms with Gasteiger partial charge in [0, 0.05) is 36.9 Å². The van der Waals surface area contributed by atoms with E-state index in [1.165, 1.54) is 22.4 Å². The first kappa shape index (κ1) is 24.4. The maximum atomic E-state index is 12.7. The van der Waals surface area contributed by atoms with E-state index in [0.29, 0.717) is 11.9 Å². The second-order valence-corrected chi connectivity index (χ2v) is 11.4. The minimum absolute atomic E-state index is 0.000591. The number of amides is 1. The van der Waals surface area contributed by atoms with Gasteiger partial charge >= 0.3 is 6.09 Å². The second kappa shape index (κ2) is 9.29. The van der Waals surface area contributed by atoms with Crippen molar-refractivity contribution in [3.05, 3.63) is 89.5 Å².